The first-order chi connectivity index (χ1) is 9.67. The predicted octanol–water partition coefficient (Wildman–Crippen LogP) is 3.30. The highest BCUT2D eigenvalue weighted by atomic mass is 16.5. The standard InChI is InChI=1S/C17H30N2O/c1-5-7-15(3)19(4)12-13-20-17-10-8-16(9-11-17)14-18-6-2/h8-11,15,18H,5-7,12-14H2,1-4H3. The normalized spacial score (nSPS) is 12.7. The van der Waals surface area contributed by atoms with Crippen molar-refractivity contribution in [1.82, 2.24) is 10.2 Å². The van der Waals surface area contributed by atoms with Crippen LogP contribution in [-0.4, -0.2) is 37.7 Å². The van der Waals surface area contributed by atoms with Crippen molar-refractivity contribution in [3.05, 3.63) is 29.8 Å². The van der Waals surface area contributed by atoms with Gasteiger partial charge in [-0.15, -0.1) is 0 Å². The molecule has 0 radical (unpaired) electrons. The van der Waals surface area contributed by atoms with Crippen LogP contribution in [0.3, 0.4) is 0 Å². The number of hydrogen-bond acceptors (Lipinski definition) is 3. The third-order valence-corrected chi connectivity index (χ3v) is 3.67. The van der Waals surface area contributed by atoms with Gasteiger partial charge in [0.15, 0.2) is 0 Å². The Hall–Kier alpha value is -1.06. The summed E-state index contributed by atoms with van der Waals surface area (Å²) in [6.45, 7) is 10.3. The van der Waals surface area contributed by atoms with Crippen molar-refractivity contribution in [2.45, 2.75) is 46.2 Å². The third kappa shape index (κ3) is 6.40. The molecule has 0 aliphatic rings. The average molecular weight is 278 g/mol. The maximum Gasteiger partial charge on any atom is 0.119 e. The number of rotatable bonds is 10. The van der Waals surface area contributed by atoms with E-state index in [1.165, 1.54) is 18.4 Å². The number of nitrogens with zero attached hydrogens (tertiary/aromatic N) is 1. The second-order valence-corrected chi connectivity index (χ2v) is 5.39. The van der Waals surface area contributed by atoms with Gasteiger partial charge < -0.3 is 15.0 Å². The van der Waals surface area contributed by atoms with E-state index in [-0.39, 0.29) is 0 Å². The van der Waals surface area contributed by atoms with Crippen molar-refractivity contribution in [3.63, 3.8) is 0 Å². The first-order valence-corrected chi connectivity index (χ1v) is 7.80. The van der Waals surface area contributed by atoms with Gasteiger partial charge in [-0.2, -0.15) is 0 Å². The minimum absolute atomic E-state index is 0.631. The van der Waals surface area contributed by atoms with Crippen molar-refractivity contribution in [2.75, 3.05) is 26.7 Å². The highest BCUT2D eigenvalue weighted by Gasteiger charge is 2.07. The van der Waals surface area contributed by atoms with Crippen molar-refractivity contribution in [3.8, 4) is 5.75 Å². The van der Waals surface area contributed by atoms with Crippen LogP contribution in [0.5, 0.6) is 5.75 Å². The van der Waals surface area contributed by atoms with Gasteiger partial charge in [0, 0.05) is 19.1 Å². The summed E-state index contributed by atoms with van der Waals surface area (Å²) in [7, 11) is 2.17. The Kier molecular flexibility index (Phi) is 8.31. The Morgan fingerprint density at radius 1 is 1.20 bits per heavy atom. The molecule has 0 saturated carbocycles. The molecule has 0 amide bonds. The maximum absolute atomic E-state index is 5.80. The molecule has 1 aromatic rings. The molecule has 1 N–H and O–H groups in total. The van der Waals surface area contributed by atoms with Gasteiger partial charge in [0.05, 0.1) is 0 Å². The molecule has 0 spiro atoms. The highest BCUT2D eigenvalue weighted by Crippen LogP contribution is 2.12. The Labute approximate surface area is 124 Å². The summed E-state index contributed by atoms with van der Waals surface area (Å²) in [5, 5.41) is 3.32. The van der Waals surface area contributed by atoms with E-state index < -0.39 is 0 Å². The van der Waals surface area contributed by atoms with Crippen LogP contribution in [0.25, 0.3) is 0 Å². The summed E-state index contributed by atoms with van der Waals surface area (Å²) in [5.41, 5.74) is 1.30. The summed E-state index contributed by atoms with van der Waals surface area (Å²) in [6.07, 6.45) is 2.48. The second-order valence-electron chi connectivity index (χ2n) is 5.39. The van der Waals surface area contributed by atoms with E-state index in [0.29, 0.717) is 6.04 Å². The zero-order chi connectivity index (χ0) is 14.8. The fraction of sp³-hybridized carbons (Fsp3) is 0.647. The molecule has 0 aliphatic carbocycles. The molecule has 1 aromatic carbocycles. The van der Waals surface area contributed by atoms with Gasteiger partial charge in [-0.3, -0.25) is 0 Å². The number of hydrogen-bond donors (Lipinski definition) is 1. The first kappa shape index (κ1) is 17.0. The Morgan fingerprint density at radius 2 is 1.90 bits per heavy atom. The minimum atomic E-state index is 0.631. The maximum atomic E-state index is 5.80. The largest absolute Gasteiger partial charge is 0.492 e. The number of nitrogens with one attached hydrogen (secondary N) is 1. The summed E-state index contributed by atoms with van der Waals surface area (Å²) in [4.78, 5) is 2.36. The summed E-state index contributed by atoms with van der Waals surface area (Å²) < 4.78 is 5.80. The lowest BCUT2D eigenvalue weighted by atomic mass is 10.2. The van der Waals surface area contributed by atoms with Gasteiger partial charge >= 0.3 is 0 Å². The van der Waals surface area contributed by atoms with Crippen molar-refractivity contribution >= 4 is 0 Å². The van der Waals surface area contributed by atoms with E-state index in [1.54, 1.807) is 0 Å². The number of likely N-dealkylation sites (N-methyl/N-ethyl adjacent to an activating group) is 1. The van der Waals surface area contributed by atoms with Crippen molar-refractivity contribution < 1.29 is 4.74 Å². The quantitative estimate of drug-likeness (QED) is 0.711. The molecule has 0 aromatic heterocycles. The van der Waals surface area contributed by atoms with Crippen LogP contribution in [0.4, 0.5) is 0 Å². The van der Waals surface area contributed by atoms with E-state index in [1.807, 2.05) is 0 Å². The van der Waals surface area contributed by atoms with Crippen molar-refractivity contribution in [1.29, 1.82) is 0 Å². The Balaban J connectivity index is 2.28. The van der Waals surface area contributed by atoms with Crippen LogP contribution in [-0.2, 0) is 6.54 Å². The fourth-order valence-electron chi connectivity index (χ4n) is 2.14. The van der Waals surface area contributed by atoms with E-state index in [2.05, 4.69) is 62.3 Å². The SMILES string of the molecule is CCCC(C)N(C)CCOc1ccc(CNCC)cc1. The average Bonchev–Trinajstić information content (AvgIpc) is 2.46. The topological polar surface area (TPSA) is 24.5 Å². The minimum Gasteiger partial charge on any atom is -0.492 e. The van der Waals surface area contributed by atoms with Gasteiger partial charge in [0.25, 0.3) is 0 Å². The van der Waals surface area contributed by atoms with Gasteiger partial charge in [0.2, 0.25) is 0 Å². The monoisotopic (exact) mass is 278 g/mol. The molecule has 1 unspecified atom stereocenters. The van der Waals surface area contributed by atoms with Crippen LogP contribution in [0, 0.1) is 0 Å². The van der Waals surface area contributed by atoms with Crippen LogP contribution in [0.2, 0.25) is 0 Å². The second kappa shape index (κ2) is 9.78. The molecule has 0 aliphatic heterocycles. The molecular weight excluding hydrogens is 248 g/mol. The van der Waals surface area contributed by atoms with Gasteiger partial charge in [0.1, 0.15) is 12.4 Å². The smallest absolute Gasteiger partial charge is 0.119 e. The molecule has 1 rings (SSSR count). The fourth-order valence-corrected chi connectivity index (χ4v) is 2.14. The molecule has 114 valence electrons. The molecular formula is C17H30N2O. The molecule has 1 atom stereocenters. The zero-order valence-corrected chi connectivity index (χ0v) is 13.5. The van der Waals surface area contributed by atoms with E-state index >= 15 is 0 Å². The molecule has 3 heteroatoms. The van der Waals surface area contributed by atoms with Crippen molar-refractivity contribution in [2.24, 2.45) is 0 Å². The lowest BCUT2D eigenvalue weighted by molar-refractivity contribution is 0.193. The van der Waals surface area contributed by atoms with Crippen LogP contribution < -0.4 is 10.1 Å². The molecule has 0 fully saturated rings. The molecule has 3 nitrogen and oxygen atoms in total. The van der Waals surface area contributed by atoms with E-state index in [0.717, 1.165) is 32.0 Å². The van der Waals surface area contributed by atoms with Crippen LogP contribution in [0.15, 0.2) is 24.3 Å². The molecule has 20 heavy (non-hydrogen) atoms. The number of ether oxygens (including phenoxy) is 1. The lowest BCUT2D eigenvalue weighted by Gasteiger charge is -2.24. The first-order valence-electron chi connectivity index (χ1n) is 7.80. The summed E-state index contributed by atoms with van der Waals surface area (Å²) >= 11 is 0. The van der Waals surface area contributed by atoms with E-state index in [4.69, 9.17) is 4.74 Å². The van der Waals surface area contributed by atoms with Crippen LogP contribution in [0.1, 0.15) is 39.2 Å². The molecule has 0 heterocycles. The van der Waals surface area contributed by atoms with Crippen LogP contribution >= 0.6 is 0 Å². The molecule has 0 bridgehead atoms. The summed E-state index contributed by atoms with van der Waals surface area (Å²) in [6, 6.07) is 9.00. The van der Waals surface area contributed by atoms with E-state index in [9.17, 15) is 0 Å². The predicted molar refractivity (Wildman–Crippen MR) is 86.3 cm³/mol. The lowest BCUT2D eigenvalue weighted by Crippen LogP contribution is -2.32. The Bertz CT molecular complexity index is 351. The van der Waals surface area contributed by atoms with Gasteiger partial charge in [-0.05, 0) is 44.6 Å². The molecule has 0 saturated heterocycles. The van der Waals surface area contributed by atoms with Gasteiger partial charge in [-0.1, -0.05) is 32.4 Å². The Morgan fingerprint density at radius 3 is 2.50 bits per heavy atom. The third-order valence-electron chi connectivity index (χ3n) is 3.67. The number of benzene rings is 1. The zero-order valence-electron chi connectivity index (χ0n) is 13.5. The summed E-state index contributed by atoms with van der Waals surface area (Å²) in [5.74, 6) is 0.960. The van der Waals surface area contributed by atoms with Gasteiger partial charge in [-0.25, -0.2) is 0 Å². The highest BCUT2D eigenvalue weighted by molar-refractivity contribution is 5.27.